The molecule has 1 aromatic rings. The summed E-state index contributed by atoms with van der Waals surface area (Å²) in [7, 11) is 1.83. The van der Waals surface area contributed by atoms with Crippen LogP contribution in [0, 0.1) is 0 Å². The number of rotatable bonds is 8. The van der Waals surface area contributed by atoms with Crippen molar-refractivity contribution in [1.29, 1.82) is 0 Å². The highest BCUT2D eigenvalue weighted by molar-refractivity contribution is 5.26. The van der Waals surface area contributed by atoms with E-state index in [0.717, 1.165) is 18.9 Å². The van der Waals surface area contributed by atoms with Crippen LogP contribution in [0.3, 0.4) is 0 Å². The molecule has 0 bridgehead atoms. The summed E-state index contributed by atoms with van der Waals surface area (Å²) in [5.74, 6) is 0. The zero-order chi connectivity index (χ0) is 15.0. The van der Waals surface area contributed by atoms with Crippen molar-refractivity contribution < 1.29 is 17.9 Å². The van der Waals surface area contributed by atoms with Gasteiger partial charge in [0.2, 0.25) is 0 Å². The molecule has 1 atom stereocenters. The van der Waals surface area contributed by atoms with E-state index in [-0.39, 0.29) is 6.04 Å². The number of alkyl halides is 3. The maximum Gasteiger partial charge on any atom is 0.416 e. The third-order valence-corrected chi connectivity index (χ3v) is 3.19. The Balaban J connectivity index is 2.56. The van der Waals surface area contributed by atoms with E-state index in [4.69, 9.17) is 4.74 Å². The molecule has 5 heteroatoms. The van der Waals surface area contributed by atoms with Gasteiger partial charge in [-0.25, -0.2) is 0 Å². The first-order chi connectivity index (χ1) is 9.47. The van der Waals surface area contributed by atoms with Crippen molar-refractivity contribution in [2.75, 3.05) is 20.3 Å². The van der Waals surface area contributed by atoms with Crippen LogP contribution in [0.15, 0.2) is 24.3 Å². The van der Waals surface area contributed by atoms with Gasteiger partial charge in [0.15, 0.2) is 0 Å². The van der Waals surface area contributed by atoms with E-state index >= 15 is 0 Å². The minimum Gasteiger partial charge on any atom is -0.382 e. The number of hydrogen-bond donors (Lipinski definition) is 1. The number of halogens is 3. The number of ether oxygens (including phenoxy) is 1. The molecular formula is C15H22F3NO. The molecule has 0 heterocycles. The molecule has 20 heavy (non-hydrogen) atoms. The van der Waals surface area contributed by atoms with Crippen molar-refractivity contribution in [2.45, 2.75) is 38.4 Å². The Morgan fingerprint density at radius 1 is 1.30 bits per heavy atom. The number of hydrogen-bond acceptors (Lipinski definition) is 2. The van der Waals surface area contributed by atoms with E-state index in [9.17, 15) is 13.2 Å². The Bertz CT molecular complexity index is 393. The third-order valence-electron chi connectivity index (χ3n) is 3.19. The van der Waals surface area contributed by atoms with Crippen LogP contribution in [-0.2, 0) is 17.3 Å². The van der Waals surface area contributed by atoms with Gasteiger partial charge in [-0.2, -0.15) is 13.2 Å². The van der Waals surface area contributed by atoms with E-state index in [2.05, 4.69) is 5.32 Å². The Morgan fingerprint density at radius 3 is 2.65 bits per heavy atom. The fourth-order valence-corrected chi connectivity index (χ4v) is 2.08. The quantitative estimate of drug-likeness (QED) is 0.738. The second kappa shape index (κ2) is 8.27. The van der Waals surface area contributed by atoms with Gasteiger partial charge in [-0.3, -0.25) is 0 Å². The summed E-state index contributed by atoms with van der Waals surface area (Å²) in [5.41, 5.74) is 0.120. The van der Waals surface area contributed by atoms with Crippen molar-refractivity contribution in [2.24, 2.45) is 0 Å². The van der Waals surface area contributed by atoms with E-state index in [1.807, 2.05) is 14.0 Å². The molecule has 0 aliphatic carbocycles. The maximum atomic E-state index is 12.6. The van der Waals surface area contributed by atoms with Crippen LogP contribution in [0.4, 0.5) is 13.2 Å². The minimum atomic E-state index is -4.28. The lowest BCUT2D eigenvalue weighted by Gasteiger charge is -2.17. The fraction of sp³-hybridized carbons (Fsp3) is 0.600. The summed E-state index contributed by atoms with van der Waals surface area (Å²) in [6.45, 7) is 3.33. The lowest BCUT2D eigenvalue weighted by molar-refractivity contribution is -0.137. The molecule has 0 fully saturated rings. The van der Waals surface area contributed by atoms with Crippen molar-refractivity contribution >= 4 is 0 Å². The monoisotopic (exact) mass is 289 g/mol. The molecule has 0 saturated carbocycles. The Kier molecular flexibility index (Phi) is 7.02. The topological polar surface area (TPSA) is 21.3 Å². The van der Waals surface area contributed by atoms with Gasteiger partial charge in [-0.1, -0.05) is 18.2 Å². The van der Waals surface area contributed by atoms with Crippen molar-refractivity contribution in [1.82, 2.24) is 5.32 Å². The minimum absolute atomic E-state index is 0.166. The average Bonchev–Trinajstić information content (AvgIpc) is 2.41. The highest BCUT2D eigenvalue weighted by atomic mass is 19.4. The molecule has 1 N–H and O–H groups in total. The van der Waals surface area contributed by atoms with Gasteiger partial charge in [-0.15, -0.1) is 0 Å². The highest BCUT2D eigenvalue weighted by Crippen LogP contribution is 2.29. The van der Waals surface area contributed by atoms with Crippen molar-refractivity contribution in [3.63, 3.8) is 0 Å². The molecule has 114 valence electrons. The van der Waals surface area contributed by atoms with E-state index in [0.29, 0.717) is 25.2 Å². The summed E-state index contributed by atoms with van der Waals surface area (Å²) in [4.78, 5) is 0. The Morgan fingerprint density at radius 2 is 2.05 bits per heavy atom. The second-order valence-corrected chi connectivity index (χ2v) is 4.73. The van der Waals surface area contributed by atoms with Gasteiger partial charge >= 0.3 is 6.18 Å². The van der Waals surface area contributed by atoms with Gasteiger partial charge in [0.1, 0.15) is 0 Å². The normalized spacial score (nSPS) is 13.4. The second-order valence-electron chi connectivity index (χ2n) is 4.73. The van der Waals surface area contributed by atoms with Crippen LogP contribution in [0.5, 0.6) is 0 Å². The smallest absolute Gasteiger partial charge is 0.382 e. The Labute approximate surface area is 118 Å². The molecule has 1 aromatic carbocycles. The van der Waals surface area contributed by atoms with Gasteiger partial charge in [0, 0.05) is 19.3 Å². The molecule has 0 spiro atoms. The molecule has 0 aromatic heterocycles. The lowest BCUT2D eigenvalue weighted by atomic mass is 10.0. The molecule has 0 aliphatic heterocycles. The van der Waals surface area contributed by atoms with Gasteiger partial charge in [-0.05, 0) is 44.9 Å². The van der Waals surface area contributed by atoms with Crippen LogP contribution in [0.1, 0.15) is 30.9 Å². The van der Waals surface area contributed by atoms with Crippen LogP contribution in [0.25, 0.3) is 0 Å². The van der Waals surface area contributed by atoms with Crippen molar-refractivity contribution in [3.8, 4) is 0 Å². The average molecular weight is 289 g/mol. The lowest BCUT2D eigenvalue weighted by Crippen LogP contribution is -2.28. The summed E-state index contributed by atoms with van der Waals surface area (Å²) < 4.78 is 43.2. The van der Waals surface area contributed by atoms with E-state index in [1.54, 1.807) is 6.07 Å². The largest absolute Gasteiger partial charge is 0.416 e. The van der Waals surface area contributed by atoms with Gasteiger partial charge < -0.3 is 10.1 Å². The Hall–Kier alpha value is -1.07. The van der Waals surface area contributed by atoms with Crippen LogP contribution in [-0.4, -0.2) is 26.3 Å². The molecular weight excluding hydrogens is 267 g/mol. The van der Waals surface area contributed by atoms with Gasteiger partial charge in [0.05, 0.1) is 5.56 Å². The molecule has 0 amide bonds. The summed E-state index contributed by atoms with van der Waals surface area (Å²) in [6.07, 6.45) is -1.91. The number of likely N-dealkylation sites (N-methyl/N-ethyl adjacent to an activating group) is 1. The van der Waals surface area contributed by atoms with Crippen LogP contribution >= 0.6 is 0 Å². The first kappa shape index (κ1) is 17.0. The fourth-order valence-electron chi connectivity index (χ4n) is 2.08. The third kappa shape index (κ3) is 5.92. The predicted molar refractivity (Wildman–Crippen MR) is 73.7 cm³/mol. The molecule has 0 aliphatic rings. The molecule has 0 radical (unpaired) electrons. The highest BCUT2D eigenvalue weighted by Gasteiger charge is 2.30. The summed E-state index contributed by atoms with van der Waals surface area (Å²) in [5, 5.41) is 3.15. The SMILES string of the molecule is CCOCCCC(Cc1cccc(C(F)(F)F)c1)NC. The molecule has 2 nitrogen and oxygen atoms in total. The van der Waals surface area contributed by atoms with Crippen LogP contribution < -0.4 is 5.32 Å². The summed E-state index contributed by atoms with van der Waals surface area (Å²) >= 11 is 0. The number of nitrogens with one attached hydrogen (secondary N) is 1. The molecule has 1 unspecified atom stereocenters. The zero-order valence-corrected chi connectivity index (χ0v) is 12.0. The molecule has 0 saturated heterocycles. The van der Waals surface area contributed by atoms with Crippen molar-refractivity contribution in [3.05, 3.63) is 35.4 Å². The maximum absolute atomic E-state index is 12.6. The van der Waals surface area contributed by atoms with E-state index < -0.39 is 11.7 Å². The zero-order valence-electron chi connectivity index (χ0n) is 12.0. The first-order valence-electron chi connectivity index (χ1n) is 6.88. The van der Waals surface area contributed by atoms with Gasteiger partial charge in [0.25, 0.3) is 0 Å². The summed E-state index contributed by atoms with van der Waals surface area (Å²) in [6, 6.07) is 5.70. The number of benzene rings is 1. The molecule has 1 rings (SSSR count). The predicted octanol–water partition coefficient (Wildman–Crippen LogP) is 3.65. The first-order valence-corrected chi connectivity index (χ1v) is 6.88. The van der Waals surface area contributed by atoms with Crippen LogP contribution in [0.2, 0.25) is 0 Å². The van der Waals surface area contributed by atoms with E-state index in [1.165, 1.54) is 12.1 Å². The standard InChI is InChI=1S/C15H22F3NO/c1-3-20-9-5-8-14(19-2)11-12-6-4-7-13(10-12)15(16,17)18/h4,6-7,10,14,19H,3,5,8-9,11H2,1-2H3.